The number of nitrogens with zero attached hydrogens (tertiary/aromatic N) is 1. The van der Waals surface area contributed by atoms with E-state index in [0.29, 0.717) is 6.54 Å². The van der Waals surface area contributed by atoms with Gasteiger partial charge in [0, 0.05) is 12.1 Å². The Hall–Kier alpha value is -2.02. The van der Waals surface area contributed by atoms with E-state index in [2.05, 4.69) is 35.9 Å². The van der Waals surface area contributed by atoms with Crippen molar-refractivity contribution < 1.29 is 4.42 Å². The van der Waals surface area contributed by atoms with E-state index in [-0.39, 0.29) is 0 Å². The summed E-state index contributed by atoms with van der Waals surface area (Å²) in [6.07, 6.45) is 0. The first-order valence-corrected chi connectivity index (χ1v) is 6.69. The Morgan fingerprint density at radius 2 is 2.05 bits per heavy atom. The van der Waals surface area contributed by atoms with Crippen LogP contribution in [0.1, 0.15) is 22.6 Å². The van der Waals surface area contributed by atoms with E-state index >= 15 is 0 Å². The predicted octanol–water partition coefficient (Wildman–Crippen LogP) is 2.53. The maximum absolute atomic E-state index is 5.59. The van der Waals surface area contributed by atoms with Gasteiger partial charge in [-0.15, -0.1) is 0 Å². The Morgan fingerprint density at radius 3 is 2.75 bits per heavy atom. The zero-order valence-corrected chi connectivity index (χ0v) is 12.0. The van der Waals surface area contributed by atoms with Gasteiger partial charge in [0.1, 0.15) is 11.5 Å². The fourth-order valence-electron chi connectivity index (χ4n) is 2.10. The third kappa shape index (κ3) is 4.27. The maximum Gasteiger partial charge on any atom is 0.118 e. The van der Waals surface area contributed by atoms with Gasteiger partial charge in [-0.3, -0.25) is 4.90 Å². The molecular weight excluding hydrogens is 248 g/mol. The highest BCUT2D eigenvalue weighted by Crippen LogP contribution is 2.12. The Morgan fingerprint density at radius 1 is 1.20 bits per heavy atom. The minimum atomic E-state index is 0.391. The third-order valence-corrected chi connectivity index (χ3v) is 2.94. The van der Waals surface area contributed by atoms with E-state index in [1.54, 1.807) is 0 Å². The summed E-state index contributed by atoms with van der Waals surface area (Å²) in [4.78, 5) is 2.22. The van der Waals surface area contributed by atoms with Crippen LogP contribution in [0, 0.1) is 18.8 Å². The van der Waals surface area contributed by atoms with Crippen LogP contribution in [0.4, 0.5) is 0 Å². The number of benzene rings is 1. The zero-order chi connectivity index (χ0) is 14.4. The lowest BCUT2D eigenvalue weighted by Gasteiger charge is -2.15. The molecule has 0 bridgehead atoms. The molecule has 104 valence electrons. The molecule has 3 heteroatoms. The lowest BCUT2D eigenvalue weighted by atomic mass is 10.1. The molecule has 1 aromatic heterocycles. The van der Waals surface area contributed by atoms with E-state index in [4.69, 9.17) is 10.2 Å². The topological polar surface area (TPSA) is 42.4 Å². The monoisotopic (exact) mass is 268 g/mol. The lowest BCUT2D eigenvalue weighted by molar-refractivity contribution is 0.285. The highest BCUT2D eigenvalue weighted by atomic mass is 16.3. The van der Waals surface area contributed by atoms with Crippen LogP contribution in [0.2, 0.25) is 0 Å². The molecule has 0 amide bonds. The summed E-state index contributed by atoms with van der Waals surface area (Å²) >= 11 is 0. The van der Waals surface area contributed by atoms with Gasteiger partial charge in [0.05, 0.1) is 13.1 Å². The summed E-state index contributed by atoms with van der Waals surface area (Å²) in [6, 6.07) is 12.3. The Kier molecular flexibility index (Phi) is 5.00. The second-order valence-corrected chi connectivity index (χ2v) is 4.89. The normalized spacial score (nSPS) is 10.4. The lowest BCUT2D eigenvalue weighted by Crippen LogP contribution is -2.16. The molecule has 0 radical (unpaired) electrons. The summed E-state index contributed by atoms with van der Waals surface area (Å²) in [5.41, 5.74) is 7.64. The molecule has 1 heterocycles. The Bertz CT molecular complexity index is 619. The minimum Gasteiger partial charge on any atom is -0.465 e. The molecule has 0 atom stereocenters. The van der Waals surface area contributed by atoms with Gasteiger partial charge in [0.15, 0.2) is 0 Å². The van der Waals surface area contributed by atoms with Crippen molar-refractivity contribution in [2.24, 2.45) is 5.73 Å². The maximum atomic E-state index is 5.59. The van der Waals surface area contributed by atoms with Crippen LogP contribution in [0.15, 0.2) is 40.8 Å². The first-order valence-electron chi connectivity index (χ1n) is 6.69. The van der Waals surface area contributed by atoms with Crippen molar-refractivity contribution in [2.75, 3.05) is 13.6 Å². The first kappa shape index (κ1) is 14.4. The second-order valence-electron chi connectivity index (χ2n) is 4.89. The average Bonchev–Trinajstić information content (AvgIpc) is 2.82. The van der Waals surface area contributed by atoms with Gasteiger partial charge in [0.25, 0.3) is 0 Å². The van der Waals surface area contributed by atoms with Gasteiger partial charge in [-0.25, -0.2) is 0 Å². The highest BCUT2D eigenvalue weighted by molar-refractivity contribution is 5.37. The van der Waals surface area contributed by atoms with Crippen LogP contribution in [0.25, 0.3) is 0 Å². The Balaban J connectivity index is 1.98. The van der Waals surface area contributed by atoms with Crippen LogP contribution in [0.3, 0.4) is 0 Å². The Labute approximate surface area is 120 Å². The largest absolute Gasteiger partial charge is 0.465 e. The number of hydrogen-bond acceptors (Lipinski definition) is 3. The molecule has 20 heavy (non-hydrogen) atoms. The first-order chi connectivity index (χ1) is 9.67. The molecule has 3 nitrogen and oxygen atoms in total. The number of rotatable bonds is 4. The SMILES string of the molecule is Cc1ccc(CN(C)Cc2cccc(C#CCN)c2)o1. The summed E-state index contributed by atoms with van der Waals surface area (Å²) in [5, 5.41) is 0. The quantitative estimate of drug-likeness (QED) is 0.866. The van der Waals surface area contributed by atoms with Crippen molar-refractivity contribution in [1.82, 2.24) is 4.90 Å². The third-order valence-electron chi connectivity index (χ3n) is 2.94. The fraction of sp³-hybridized carbons (Fsp3) is 0.294. The molecule has 0 unspecified atom stereocenters. The van der Waals surface area contributed by atoms with Crippen molar-refractivity contribution in [3.8, 4) is 11.8 Å². The fourth-order valence-corrected chi connectivity index (χ4v) is 2.10. The van der Waals surface area contributed by atoms with Gasteiger partial charge >= 0.3 is 0 Å². The molecule has 0 saturated heterocycles. The van der Waals surface area contributed by atoms with E-state index in [0.717, 1.165) is 30.2 Å². The van der Waals surface area contributed by atoms with Crippen molar-refractivity contribution in [1.29, 1.82) is 0 Å². The van der Waals surface area contributed by atoms with Crippen LogP contribution in [-0.4, -0.2) is 18.5 Å². The molecular formula is C17H20N2O. The molecule has 2 rings (SSSR count). The molecule has 0 aliphatic rings. The summed E-state index contributed by atoms with van der Waals surface area (Å²) in [6.45, 7) is 4.01. The highest BCUT2D eigenvalue weighted by Gasteiger charge is 2.05. The molecule has 0 aliphatic carbocycles. The molecule has 0 spiro atoms. The summed E-state index contributed by atoms with van der Waals surface area (Å²) in [5.74, 6) is 7.88. The standard InChI is InChI=1S/C17H20N2O/c1-14-8-9-17(20-14)13-19(2)12-16-6-3-5-15(11-16)7-4-10-18/h3,5-6,8-9,11H,10,12-13,18H2,1-2H3. The summed E-state index contributed by atoms with van der Waals surface area (Å²) < 4.78 is 5.59. The van der Waals surface area contributed by atoms with Crippen LogP contribution < -0.4 is 5.73 Å². The smallest absolute Gasteiger partial charge is 0.118 e. The van der Waals surface area contributed by atoms with Crippen LogP contribution >= 0.6 is 0 Å². The van der Waals surface area contributed by atoms with E-state index < -0.39 is 0 Å². The van der Waals surface area contributed by atoms with E-state index in [9.17, 15) is 0 Å². The molecule has 1 aromatic carbocycles. The second kappa shape index (κ2) is 6.95. The molecule has 2 N–H and O–H groups in total. The number of furan rings is 1. The molecule has 0 fully saturated rings. The minimum absolute atomic E-state index is 0.391. The number of aryl methyl sites for hydroxylation is 1. The molecule has 0 aliphatic heterocycles. The predicted molar refractivity (Wildman–Crippen MR) is 81.0 cm³/mol. The van der Waals surface area contributed by atoms with Gasteiger partial charge in [-0.05, 0) is 43.8 Å². The van der Waals surface area contributed by atoms with Crippen molar-refractivity contribution in [3.63, 3.8) is 0 Å². The zero-order valence-electron chi connectivity index (χ0n) is 12.0. The van der Waals surface area contributed by atoms with E-state index in [1.807, 2.05) is 31.2 Å². The van der Waals surface area contributed by atoms with E-state index in [1.165, 1.54) is 5.56 Å². The van der Waals surface area contributed by atoms with Crippen molar-refractivity contribution >= 4 is 0 Å². The molecule has 2 aromatic rings. The summed E-state index contributed by atoms with van der Waals surface area (Å²) in [7, 11) is 2.08. The number of nitrogens with two attached hydrogens (primary N) is 1. The molecule has 0 saturated carbocycles. The average molecular weight is 268 g/mol. The van der Waals surface area contributed by atoms with Crippen molar-refractivity contribution in [2.45, 2.75) is 20.0 Å². The number of hydrogen-bond donors (Lipinski definition) is 1. The van der Waals surface area contributed by atoms with Crippen LogP contribution in [0.5, 0.6) is 0 Å². The van der Waals surface area contributed by atoms with Gasteiger partial charge in [-0.1, -0.05) is 24.0 Å². The van der Waals surface area contributed by atoms with Gasteiger partial charge < -0.3 is 10.2 Å². The van der Waals surface area contributed by atoms with Crippen molar-refractivity contribution in [3.05, 3.63) is 59.0 Å². The van der Waals surface area contributed by atoms with Gasteiger partial charge in [0.2, 0.25) is 0 Å². The van der Waals surface area contributed by atoms with Gasteiger partial charge in [-0.2, -0.15) is 0 Å². The van der Waals surface area contributed by atoms with Crippen LogP contribution in [-0.2, 0) is 13.1 Å².